The largest absolute Gasteiger partial charge is 0.459 e. The zero-order chi connectivity index (χ0) is 27.6. The predicted octanol–water partition coefficient (Wildman–Crippen LogP) is 3.61. The summed E-state index contributed by atoms with van der Waals surface area (Å²) in [4.78, 5) is 54.1. The minimum Gasteiger partial charge on any atom is -0.459 e. The lowest BCUT2D eigenvalue weighted by molar-refractivity contribution is -0.159. The number of likely N-dealkylation sites (N-methyl/N-ethyl adjacent to an activating group) is 2. The maximum absolute atomic E-state index is 13.4. The van der Waals surface area contributed by atoms with Gasteiger partial charge in [0.05, 0.1) is 0 Å². The Hall–Kier alpha value is -3.10. The van der Waals surface area contributed by atoms with E-state index in [0.717, 1.165) is 5.56 Å². The van der Waals surface area contributed by atoms with Gasteiger partial charge in [0.1, 0.15) is 30.8 Å². The van der Waals surface area contributed by atoms with E-state index in [1.807, 2.05) is 58.0 Å². The fourth-order valence-corrected chi connectivity index (χ4v) is 3.55. The third-order valence-electron chi connectivity index (χ3n) is 5.38. The summed E-state index contributed by atoms with van der Waals surface area (Å²) in [5, 5.41) is 2.65. The third kappa shape index (κ3) is 10.7. The van der Waals surface area contributed by atoms with Crippen LogP contribution in [0.5, 0.6) is 0 Å². The number of hydrogen-bond acceptors (Lipinski definition) is 6. The number of hydrogen-bond donors (Lipinski definition) is 1. The van der Waals surface area contributed by atoms with Crippen LogP contribution in [0.2, 0.25) is 0 Å². The van der Waals surface area contributed by atoms with Gasteiger partial charge in [-0.25, -0.2) is 4.79 Å². The lowest BCUT2D eigenvalue weighted by Crippen LogP contribution is -2.56. The highest BCUT2D eigenvalue weighted by atomic mass is 16.6. The molecule has 0 saturated heterocycles. The SMILES string of the molecule is CC(C)C[C@H](C(=O)N(C)CC(=O)OC(C)(C)C)N(C)C(=O)[C@@H](NC(=O)OCc1ccccc1)C(C)C. The standard InChI is InChI=1S/C27H43N3O6/c1-18(2)15-21(24(32)29(8)16-22(31)36-27(5,6)7)30(9)25(33)23(19(3)4)28-26(34)35-17-20-13-11-10-12-14-20/h10-14,18-19,21,23H,15-17H2,1-9H3,(H,28,34)/t21-,23+/m1/s1. The maximum Gasteiger partial charge on any atom is 0.408 e. The second-order valence-corrected chi connectivity index (χ2v) is 10.8. The van der Waals surface area contributed by atoms with Gasteiger partial charge in [-0.1, -0.05) is 58.0 Å². The lowest BCUT2D eigenvalue weighted by Gasteiger charge is -2.35. The molecule has 1 aromatic carbocycles. The molecule has 9 heteroatoms. The van der Waals surface area contributed by atoms with Crippen LogP contribution >= 0.6 is 0 Å². The molecule has 0 unspecified atom stereocenters. The monoisotopic (exact) mass is 505 g/mol. The van der Waals surface area contributed by atoms with Crippen molar-refractivity contribution in [2.75, 3.05) is 20.6 Å². The molecule has 3 amide bonds. The second kappa shape index (κ2) is 13.8. The molecule has 1 rings (SSSR count). The minimum atomic E-state index is -0.892. The zero-order valence-electron chi connectivity index (χ0n) is 23.2. The zero-order valence-corrected chi connectivity index (χ0v) is 23.2. The van der Waals surface area contributed by atoms with E-state index < -0.39 is 35.7 Å². The molecule has 0 saturated carbocycles. The molecular formula is C27H43N3O6. The van der Waals surface area contributed by atoms with Gasteiger partial charge in [0.15, 0.2) is 0 Å². The van der Waals surface area contributed by atoms with Crippen LogP contribution in [0, 0.1) is 11.8 Å². The third-order valence-corrected chi connectivity index (χ3v) is 5.38. The summed E-state index contributed by atoms with van der Waals surface area (Å²) in [5.74, 6) is -1.46. The number of nitrogens with zero attached hydrogens (tertiary/aromatic N) is 2. The van der Waals surface area contributed by atoms with E-state index in [1.165, 1.54) is 16.8 Å². The Morgan fingerprint density at radius 1 is 0.944 bits per heavy atom. The van der Waals surface area contributed by atoms with Gasteiger partial charge in [-0.2, -0.15) is 0 Å². The van der Waals surface area contributed by atoms with E-state index in [9.17, 15) is 19.2 Å². The molecule has 0 heterocycles. The highest BCUT2D eigenvalue weighted by Gasteiger charge is 2.36. The smallest absolute Gasteiger partial charge is 0.408 e. The topological polar surface area (TPSA) is 105 Å². The number of amides is 3. The van der Waals surface area contributed by atoms with Gasteiger partial charge in [0, 0.05) is 14.1 Å². The lowest BCUT2D eigenvalue weighted by atomic mass is 9.98. The number of rotatable bonds is 11. The van der Waals surface area contributed by atoms with Crippen LogP contribution < -0.4 is 5.32 Å². The van der Waals surface area contributed by atoms with Gasteiger partial charge in [0.25, 0.3) is 0 Å². The van der Waals surface area contributed by atoms with Crippen LogP contribution in [0.1, 0.15) is 60.5 Å². The van der Waals surface area contributed by atoms with E-state index in [2.05, 4.69) is 5.32 Å². The van der Waals surface area contributed by atoms with Crippen LogP contribution in [0.15, 0.2) is 30.3 Å². The average molecular weight is 506 g/mol. The molecule has 9 nitrogen and oxygen atoms in total. The van der Waals surface area contributed by atoms with E-state index in [-0.39, 0.29) is 30.9 Å². The number of ether oxygens (including phenoxy) is 2. The Labute approximate surface area is 215 Å². The molecule has 36 heavy (non-hydrogen) atoms. The number of esters is 1. The van der Waals surface area contributed by atoms with E-state index in [0.29, 0.717) is 6.42 Å². The molecule has 0 fully saturated rings. The molecule has 202 valence electrons. The molecule has 0 radical (unpaired) electrons. The van der Waals surface area contributed by atoms with Crippen molar-refractivity contribution in [2.45, 2.75) is 79.2 Å². The van der Waals surface area contributed by atoms with Gasteiger partial charge in [0.2, 0.25) is 11.8 Å². The highest BCUT2D eigenvalue weighted by molar-refractivity contribution is 5.92. The van der Waals surface area contributed by atoms with E-state index in [1.54, 1.807) is 27.8 Å². The summed E-state index contributed by atoms with van der Waals surface area (Å²) in [6.07, 6.45) is -0.323. The van der Waals surface area contributed by atoms with Crippen molar-refractivity contribution < 1.29 is 28.7 Å². The molecule has 1 aromatic rings. The van der Waals surface area contributed by atoms with Crippen molar-refractivity contribution >= 4 is 23.9 Å². The van der Waals surface area contributed by atoms with Gasteiger partial charge in [-0.3, -0.25) is 14.4 Å². The van der Waals surface area contributed by atoms with Gasteiger partial charge in [-0.05, 0) is 44.6 Å². The first kappa shape index (κ1) is 30.9. The first-order valence-corrected chi connectivity index (χ1v) is 12.3. The maximum atomic E-state index is 13.4. The Morgan fingerprint density at radius 2 is 1.53 bits per heavy atom. The average Bonchev–Trinajstić information content (AvgIpc) is 2.77. The Bertz CT molecular complexity index is 879. The van der Waals surface area contributed by atoms with Crippen molar-refractivity contribution in [3.63, 3.8) is 0 Å². The Kier molecular flexibility index (Phi) is 11.9. The van der Waals surface area contributed by atoms with E-state index in [4.69, 9.17) is 9.47 Å². The molecule has 2 atom stereocenters. The fraction of sp³-hybridized carbons (Fsp3) is 0.630. The molecule has 0 bridgehead atoms. The molecule has 0 spiro atoms. The molecular weight excluding hydrogens is 462 g/mol. The summed E-state index contributed by atoms with van der Waals surface area (Å²) in [5.41, 5.74) is 0.156. The van der Waals surface area contributed by atoms with Gasteiger partial charge >= 0.3 is 12.1 Å². The first-order chi connectivity index (χ1) is 16.6. The highest BCUT2D eigenvalue weighted by Crippen LogP contribution is 2.17. The van der Waals surface area contributed by atoms with E-state index >= 15 is 0 Å². The van der Waals surface area contributed by atoms with Crippen LogP contribution in [0.25, 0.3) is 0 Å². The second-order valence-electron chi connectivity index (χ2n) is 10.8. The Balaban J connectivity index is 2.94. The number of carbonyl (C=O) groups excluding carboxylic acids is 4. The van der Waals surface area contributed by atoms with Gasteiger partial charge < -0.3 is 24.6 Å². The minimum absolute atomic E-state index is 0.0748. The van der Waals surface area contributed by atoms with Crippen LogP contribution in [0.3, 0.4) is 0 Å². The normalized spacial score (nSPS) is 13.1. The summed E-state index contributed by atoms with van der Waals surface area (Å²) in [6, 6.07) is 7.52. The fourth-order valence-electron chi connectivity index (χ4n) is 3.55. The Morgan fingerprint density at radius 3 is 2.03 bits per heavy atom. The molecule has 0 aliphatic rings. The van der Waals surface area contributed by atoms with Crippen molar-refractivity contribution in [1.82, 2.24) is 15.1 Å². The predicted molar refractivity (Wildman–Crippen MR) is 138 cm³/mol. The van der Waals surface area contributed by atoms with Crippen molar-refractivity contribution in [3.05, 3.63) is 35.9 Å². The quantitative estimate of drug-likeness (QED) is 0.461. The molecule has 0 aromatic heterocycles. The number of carbonyl (C=O) groups is 4. The molecule has 0 aliphatic heterocycles. The summed E-state index contributed by atoms with van der Waals surface area (Å²) >= 11 is 0. The first-order valence-electron chi connectivity index (χ1n) is 12.3. The van der Waals surface area contributed by atoms with Gasteiger partial charge in [-0.15, -0.1) is 0 Å². The number of benzene rings is 1. The van der Waals surface area contributed by atoms with Crippen molar-refractivity contribution in [1.29, 1.82) is 0 Å². The number of alkyl carbamates (subject to hydrolysis) is 1. The summed E-state index contributed by atoms with van der Waals surface area (Å²) in [7, 11) is 3.05. The molecule has 1 N–H and O–H groups in total. The summed E-state index contributed by atoms with van der Waals surface area (Å²) in [6.45, 7) is 12.6. The summed E-state index contributed by atoms with van der Waals surface area (Å²) < 4.78 is 10.6. The van der Waals surface area contributed by atoms with Crippen molar-refractivity contribution in [2.24, 2.45) is 11.8 Å². The van der Waals surface area contributed by atoms with Crippen molar-refractivity contribution in [3.8, 4) is 0 Å². The number of nitrogens with one attached hydrogen (secondary N) is 1. The van der Waals surface area contributed by atoms with Crippen LogP contribution in [0.4, 0.5) is 4.79 Å². The van der Waals surface area contributed by atoms with Crippen LogP contribution in [-0.4, -0.2) is 72.0 Å². The van der Waals surface area contributed by atoms with Crippen LogP contribution in [-0.2, 0) is 30.5 Å². The molecule has 0 aliphatic carbocycles.